The Labute approximate surface area is 150 Å². The van der Waals surface area contributed by atoms with E-state index in [-0.39, 0.29) is 11.1 Å². The molecule has 3 aromatic rings. The topological polar surface area (TPSA) is 12.4 Å². The Morgan fingerprint density at radius 1 is 0.880 bits per heavy atom. The molecule has 1 heterocycles. The summed E-state index contributed by atoms with van der Waals surface area (Å²) in [7, 11) is 0. The number of benzene rings is 3. The largest absolute Gasteiger partial charge is 0.251 e. The van der Waals surface area contributed by atoms with E-state index in [1.807, 2.05) is 30.0 Å². The molecule has 5 rings (SSSR count). The standard InChI is InChI=1S/C22H16FNS/c23-16-11-9-14(10-12-16)22-18-13-15-5-1-2-6-17(15)21(18)24-19-7-3-4-8-20(19)25-22/h1-12,18,22H,13H2/t18-,22-/m0/s1. The predicted octanol–water partition coefficient (Wildman–Crippen LogP) is 5.97. The number of hydrogen-bond acceptors (Lipinski definition) is 2. The smallest absolute Gasteiger partial charge is 0.123 e. The van der Waals surface area contributed by atoms with Crippen molar-refractivity contribution in [3.63, 3.8) is 0 Å². The first-order valence-electron chi connectivity index (χ1n) is 8.47. The molecule has 1 aliphatic heterocycles. The third-order valence-corrected chi connectivity index (χ3v) is 6.46. The second-order valence-electron chi connectivity index (χ2n) is 6.52. The molecule has 3 aromatic carbocycles. The zero-order valence-corrected chi connectivity index (χ0v) is 14.3. The van der Waals surface area contributed by atoms with Crippen LogP contribution in [0.25, 0.3) is 0 Å². The number of halogens is 1. The molecule has 0 spiro atoms. The summed E-state index contributed by atoms with van der Waals surface area (Å²) in [5.74, 6) is 0.117. The molecule has 122 valence electrons. The first-order chi connectivity index (χ1) is 12.3. The summed E-state index contributed by atoms with van der Waals surface area (Å²) in [6.07, 6.45) is 0.984. The lowest BCUT2D eigenvalue weighted by molar-refractivity contribution is 0.624. The minimum Gasteiger partial charge on any atom is -0.251 e. The quantitative estimate of drug-likeness (QED) is 0.529. The van der Waals surface area contributed by atoms with Gasteiger partial charge >= 0.3 is 0 Å². The molecule has 0 saturated carbocycles. The van der Waals surface area contributed by atoms with Crippen molar-refractivity contribution < 1.29 is 4.39 Å². The van der Waals surface area contributed by atoms with Gasteiger partial charge in [-0.05, 0) is 47.4 Å². The Morgan fingerprint density at radius 2 is 1.64 bits per heavy atom. The zero-order valence-electron chi connectivity index (χ0n) is 13.5. The lowest BCUT2D eigenvalue weighted by Crippen LogP contribution is -2.16. The van der Waals surface area contributed by atoms with E-state index in [4.69, 9.17) is 4.99 Å². The first kappa shape index (κ1) is 14.9. The van der Waals surface area contributed by atoms with Crippen LogP contribution in [0.1, 0.15) is 21.9 Å². The Balaban J connectivity index is 1.70. The average Bonchev–Trinajstić information content (AvgIpc) is 2.92. The van der Waals surface area contributed by atoms with E-state index < -0.39 is 0 Å². The van der Waals surface area contributed by atoms with Gasteiger partial charge in [0.25, 0.3) is 0 Å². The summed E-state index contributed by atoms with van der Waals surface area (Å²) in [4.78, 5) is 6.25. The van der Waals surface area contributed by atoms with Crippen LogP contribution >= 0.6 is 11.8 Å². The highest BCUT2D eigenvalue weighted by atomic mass is 32.2. The summed E-state index contributed by atoms with van der Waals surface area (Å²) < 4.78 is 13.4. The molecule has 3 heteroatoms. The normalized spacial score (nSPS) is 20.9. The molecular weight excluding hydrogens is 329 g/mol. The van der Waals surface area contributed by atoms with Crippen molar-refractivity contribution in [1.82, 2.24) is 0 Å². The summed E-state index contributed by atoms with van der Waals surface area (Å²) in [5, 5.41) is 0.232. The third kappa shape index (κ3) is 2.50. The summed E-state index contributed by atoms with van der Waals surface area (Å²) >= 11 is 1.85. The van der Waals surface area contributed by atoms with Crippen molar-refractivity contribution in [3.05, 3.63) is 95.3 Å². The van der Waals surface area contributed by atoms with Gasteiger partial charge in [0.15, 0.2) is 0 Å². The molecule has 25 heavy (non-hydrogen) atoms. The molecule has 1 aliphatic carbocycles. The van der Waals surface area contributed by atoms with Crippen LogP contribution in [-0.4, -0.2) is 5.71 Å². The SMILES string of the molecule is Fc1ccc([C@@H]2Sc3ccccc3N=C3c4ccccc4C[C@@H]32)cc1. The summed E-state index contributed by atoms with van der Waals surface area (Å²) in [6.45, 7) is 0. The number of para-hydroxylation sites is 1. The van der Waals surface area contributed by atoms with Crippen LogP contribution in [-0.2, 0) is 6.42 Å². The number of hydrogen-bond donors (Lipinski definition) is 0. The van der Waals surface area contributed by atoms with Gasteiger partial charge in [-0.25, -0.2) is 4.39 Å². The lowest BCUT2D eigenvalue weighted by Gasteiger charge is -2.22. The van der Waals surface area contributed by atoms with Crippen molar-refractivity contribution in [2.75, 3.05) is 0 Å². The van der Waals surface area contributed by atoms with Crippen LogP contribution < -0.4 is 0 Å². The zero-order chi connectivity index (χ0) is 16.8. The summed E-state index contributed by atoms with van der Waals surface area (Å²) in [5.41, 5.74) is 5.99. The molecule has 0 saturated heterocycles. The minimum absolute atomic E-state index is 0.189. The fraction of sp³-hybridized carbons (Fsp3) is 0.136. The second-order valence-corrected chi connectivity index (χ2v) is 7.71. The molecule has 2 aliphatic rings. The highest BCUT2D eigenvalue weighted by molar-refractivity contribution is 7.99. The van der Waals surface area contributed by atoms with E-state index in [0.717, 1.165) is 17.7 Å². The maximum atomic E-state index is 13.4. The maximum absolute atomic E-state index is 13.4. The van der Waals surface area contributed by atoms with Crippen molar-refractivity contribution >= 4 is 23.2 Å². The average molecular weight is 345 g/mol. The summed E-state index contributed by atoms with van der Waals surface area (Å²) in [6, 6.07) is 23.8. The van der Waals surface area contributed by atoms with Gasteiger partial charge < -0.3 is 0 Å². The number of aliphatic imine (C=N–C) groups is 1. The molecule has 2 atom stereocenters. The van der Waals surface area contributed by atoms with Gasteiger partial charge in [0.05, 0.1) is 11.4 Å². The van der Waals surface area contributed by atoms with Crippen LogP contribution in [0.3, 0.4) is 0 Å². The molecule has 0 unspecified atom stereocenters. The van der Waals surface area contributed by atoms with Crippen LogP contribution in [0, 0.1) is 11.7 Å². The maximum Gasteiger partial charge on any atom is 0.123 e. The second kappa shape index (κ2) is 5.85. The number of rotatable bonds is 1. The van der Waals surface area contributed by atoms with E-state index >= 15 is 0 Å². The molecule has 1 nitrogen and oxygen atoms in total. The molecule has 0 bridgehead atoms. The Kier molecular flexibility index (Phi) is 3.49. The number of nitrogens with zero attached hydrogens (tertiary/aromatic N) is 1. The molecule has 0 amide bonds. The fourth-order valence-corrected chi connectivity index (χ4v) is 5.17. The monoisotopic (exact) mass is 345 g/mol. The van der Waals surface area contributed by atoms with Crippen molar-refractivity contribution in [3.8, 4) is 0 Å². The van der Waals surface area contributed by atoms with Crippen molar-refractivity contribution in [2.45, 2.75) is 16.6 Å². The Hall–Kier alpha value is -2.39. The van der Waals surface area contributed by atoms with E-state index in [2.05, 4.69) is 42.5 Å². The lowest BCUT2D eigenvalue weighted by atomic mass is 9.94. The van der Waals surface area contributed by atoms with E-state index in [0.29, 0.717) is 5.92 Å². The Morgan fingerprint density at radius 3 is 2.52 bits per heavy atom. The molecule has 0 fully saturated rings. The number of thioether (sulfide) groups is 1. The van der Waals surface area contributed by atoms with Crippen LogP contribution in [0.2, 0.25) is 0 Å². The fourth-order valence-electron chi connectivity index (χ4n) is 3.83. The van der Waals surface area contributed by atoms with E-state index in [1.165, 1.54) is 21.7 Å². The van der Waals surface area contributed by atoms with Crippen molar-refractivity contribution in [1.29, 1.82) is 0 Å². The van der Waals surface area contributed by atoms with Gasteiger partial charge in [0.2, 0.25) is 0 Å². The molecule has 0 aromatic heterocycles. The highest BCUT2D eigenvalue weighted by Gasteiger charge is 2.37. The van der Waals surface area contributed by atoms with Crippen LogP contribution in [0.15, 0.2) is 82.7 Å². The van der Waals surface area contributed by atoms with Gasteiger partial charge in [0.1, 0.15) is 5.82 Å². The van der Waals surface area contributed by atoms with Gasteiger partial charge in [-0.1, -0.05) is 48.5 Å². The molecule has 0 radical (unpaired) electrons. The Bertz CT molecular complexity index is 977. The van der Waals surface area contributed by atoms with Crippen LogP contribution in [0.5, 0.6) is 0 Å². The molecular formula is C22H16FNS. The molecule has 0 N–H and O–H groups in total. The minimum atomic E-state index is -0.189. The highest BCUT2D eigenvalue weighted by Crippen LogP contribution is 2.51. The third-order valence-electron chi connectivity index (χ3n) is 5.01. The number of fused-ring (bicyclic) bond motifs is 4. The van der Waals surface area contributed by atoms with Gasteiger partial charge in [-0.3, -0.25) is 4.99 Å². The van der Waals surface area contributed by atoms with Gasteiger partial charge in [-0.2, -0.15) is 0 Å². The van der Waals surface area contributed by atoms with Gasteiger partial charge in [0, 0.05) is 16.1 Å². The van der Waals surface area contributed by atoms with E-state index in [9.17, 15) is 4.39 Å². The first-order valence-corrected chi connectivity index (χ1v) is 9.35. The van der Waals surface area contributed by atoms with Crippen LogP contribution in [0.4, 0.5) is 10.1 Å². The van der Waals surface area contributed by atoms with E-state index in [1.54, 1.807) is 12.1 Å². The predicted molar refractivity (Wildman–Crippen MR) is 101 cm³/mol. The van der Waals surface area contributed by atoms with Gasteiger partial charge in [-0.15, -0.1) is 11.8 Å². The van der Waals surface area contributed by atoms with Crippen molar-refractivity contribution in [2.24, 2.45) is 10.9 Å².